The molecule has 0 saturated carbocycles. The van der Waals surface area contributed by atoms with Gasteiger partial charge in [0.25, 0.3) is 0 Å². The predicted molar refractivity (Wildman–Crippen MR) is 144 cm³/mol. The number of nitrogens with zero attached hydrogens (tertiary/aromatic N) is 2. The van der Waals surface area contributed by atoms with Crippen LogP contribution >= 0.6 is 0 Å². The van der Waals surface area contributed by atoms with Gasteiger partial charge in [-0.15, -0.1) is 0 Å². The van der Waals surface area contributed by atoms with Crippen molar-refractivity contribution in [2.75, 3.05) is 5.32 Å². The number of carbonyl (C=O) groups is 2. The Bertz CT molecular complexity index is 1460. The number of carboxylic acid groups (broad SMARTS) is 1. The molecule has 1 aromatic heterocycles. The maximum atomic E-state index is 13.6. The first-order valence-corrected chi connectivity index (χ1v) is 15.3. The quantitative estimate of drug-likeness (QED) is 0.238. The van der Waals surface area contributed by atoms with E-state index in [-0.39, 0.29) is 17.9 Å². The molecule has 7 nitrogen and oxygen atoms in total. The van der Waals surface area contributed by atoms with Gasteiger partial charge >= 0.3 is 218 Å². The monoisotopic (exact) mass is 598 g/mol. The Kier molecular flexibility index (Phi) is 8.76. The van der Waals surface area contributed by atoms with E-state index in [1.54, 1.807) is 18.2 Å². The van der Waals surface area contributed by atoms with Gasteiger partial charge < -0.3 is 5.11 Å². The van der Waals surface area contributed by atoms with Gasteiger partial charge in [0.1, 0.15) is 0 Å². The fourth-order valence-electron chi connectivity index (χ4n) is 4.04. The molecule has 39 heavy (non-hydrogen) atoms. The van der Waals surface area contributed by atoms with Crippen LogP contribution in [0.3, 0.4) is 0 Å². The van der Waals surface area contributed by atoms with Gasteiger partial charge in [0.05, 0.1) is 0 Å². The van der Waals surface area contributed by atoms with Gasteiger partial charge in [-0.3, -0.25) is 0 Å². The van der Waals surface area contributed by atoms with Crippen molar-refractivity contribution in [3.63, 3.8) is 0 Å². The summed E-state index contributed by atoms with van der Waals surface area (Å²) in [5.41, 5.74) is -0.359. The van der Waals surface area contributed by atoms with Crippen molar-refractivity contribution in [3.05, 3.63) is 102 Å². The van der Waals surface area contributed by atoms with Crippen LogP contribution in [0, 0.1) is 0 Å². The molecule has 0 aliphatic heterocycles. The number of anilines is 1. The van der Waals surface area contributed by atoms with E-state index in [0.29, 0.717) is 17.3 Å². The Labute approximate surface area is 227 Å². The van der Waals surface area contributed by atoms with Crippen LogP contribution < -0.4 is 19.3 Å². The fourth-order valence-corrected chi connectivity index (χ4v) is 8.98. The molecule has 0 aliphatic carbocycles. The normalized spacial score (nSPS) is 12.1. The van der Waals surface area contributed by atoms with Crippen molar-refractivity contribution < 1.29 is 27.9 Å². The van der Waals surface area contributed by atoms with Crippen molar-refractivity contribution in [2.45, 2.75) is 31.3 Å². The molecule has 0 spiro atoms. The van der Waals surface area contributed by atoms with Gasteiger partial charge in [-0.2, -0.15) is 0 Å². The number of hydrogen-bond donors (Lipinski definition) is 3. The number of amides is 2. The van der Waals surface area contributed by atoms with E-state index in [1.165, 1.54) is 16.5 Å². The number of alkyl halides is 3. The van der Waals surface area contributed by atoms with Gasteiger partial charge in [0.15, 0.2) is 0 Å². The molecule has 3 aromatic carbocycles. The number of nitrogens with one attached hydrogen (secondary N) is 2. The maximum absolute atomic E-state index is 13.6. The van der Waals surface area contributed by atoms with Gasteiger partial charge in [-0.05, 0) is 0 Å². The summed E-state index contributed by atoms with van der Waals surface area (Å²) in [5, 5.41) is 18.5. The van der Waals surface area contributed by atoms with Gasteiger partial charge in [0, 0.05) is 0 Å². The molecular formula is C28H26AsF3N4O3. The summed E-state index contributed by atoms with van der Waals surface area (Å²) in [5.74, 6) is -0.751. The number of benzene rings is 3. The first-order valence-electron chi connectivity index (χ1n) is 12.1. The van der Waals surface area contributed by atoms with Crippen molar-refractivity contribution in [2.24, 2.45) is 0 Å². The topological polar surface area (TPSA) is 96.3 Å². The van der Waals surface area contributed by atoms with Crippen LogP contribution in [0.15, 0.2) is 84.9 Å². The number of aromatic nitrogens is 2. The first kappa shape index (κ1) is 28.0. The van der Waals surface area contributed by atoms with Gasteiger partial charge in [-0.1, -0.05) is 0 Å². The molecule has 3 N–H and O–H groups in total. The molecule has 2 amide bonds. The van der Waals surface area contributed by atoms with Crippen LogP contribution in [0.4, 0.5) is 23.7 Å². The average molecular weight is 598 g/mol. The third-order valence-corrected chi connectivity index (χ3v) is 11.5. The van der Waals surface area contributed by atoms with Gasteiger partial charge in [0.2, 0.25) is 0 Å². The number of carbonyl (C=O) groups excluding carboxylic acids is 1. The molecule has 4 rings (SSSR count). The van der Waals surface area contributed by atoms with E-state index in [9.17, 15) is 22.8 Å². The Morgan fingerprint density at radius 2 is 1.67 bits per heavy atom. The second-order valence-electron chi connectivity index (χ2n) is 8.64. The summed E-state index contributed by atoms with van der Waals surface area (Å²) in [6.45, 7) is 2.07. The molecule has 4 aromatic rings. The molecule has 0 bridgehead atoms. The molecule has 0 aliphatic rings. The van der Waals surface area contributed by atoms with Crippen molar-refractivity contribution in [1.29, 1.82) is 0 Å². The Morgan fingerprint density at radius 3 is 2.36 bits per heavy atom. The predicted octanol–water partition coefficient (Wildman–Crippen LogP) is 4.93. The standard InChI is InChI=1S/C28H26AsF3N4O3/c1-2-14-29(20-9-4-3-5-10-20)21-11-7-12-22(16-21)34-26(37)24-17-25(28(30,31)32)35-36(24)23-13-6-8-19(15-23)18-33-27(38)39/h3-13,15-17,33H,2,14,18H2,1H3,(H,34,37)(H,38,39). The van der Waals surface area contributed by atoms with E-state index in [1.807, 2.05) is 36.4 Å². The summed E-state index contributed by atoms with van der Waals surface area (Å²) in [7, 11) is 0. The molecule has 202 valence electrons. The zero-order chi connectivity index (χ0) is 28.0. The van der Waals surface area contributed by atoms with Crippen molar-refractivity contribution >= 4 is 41.0 Å². The SMILES string of the molecule is CCC[As](c1ccccc1)c1cccc(NC(=O)c2cc(C(F)(F)F)nn2-c2cccc(CNC(=O)O)c2)c1. The van der Waals surface area contributed by atoms with Crippen LogP contribution in [-0.2, 0) is 12.7 Å². The summed E-state index contributed by atoms with van der Waals surface area (Å²) in [6, 6.07) is 24.5. The van der Waals surface area contributed by atoms with Crippen LogP contribution in [0.25, 0.3) is 5.69 Å². The van der Waals surface area contributed by atoms with E-state index < -0.39 is 38.5 Å². The summed E-state index contributed by atoms with van der Waals surface area (Å²) < 4.78 is 44.0. The second kappa shape index (κ2) is 12.2. The summed E-state index contributed by atoms with van der Waals surface area (Å²) >= 11 is -1.64. The molecule has 1 atom stereocenters. The minimum atomic E-state index is -4.77. The van der Waals surface area contributed by atoms with Crippen LogP contribution in [-0.4, -0.2) is 41.5 Å². The molecule has 11 heteroatoms. The van der Waals surface area contributed by atoms with E-state index >= 15 is 0 Å². The fraction of sp³-hybridized carbons (Fsp3) is 0.179. The number of halogens is 3. The van der Waals surface area contributed by atoms with E-state index in [4.69, 9.17) is 5.11 Å². The Hall–Kier alpha value is -4.04. The molecule has 0 fully saturated rings. The summed E-state index contributed by atoms with van der Waals surface area (Å²) in [6.07, 6.45) is -5.00. The summed E-state index contributed by atoms with van der Waals surface area (Å²) in [4.78, 5) is 24.1. The Balaban J connectivity index is 1.66. The van der Waals surface area contributed by atoms with Crippen molar-refractivity contribution in [1.82, 2.24) is 15.1 Å². The average Bonchev–Trinajstić information content (AvgIpc) is 3.38. The zero-order valence-corrected chi connectivity index (χ0v) is 22.8. The number of rotatable bonds is 9. The molecule has 1 heterocycles. The van der Waals surface area contributed by atoms with Crippen molar-refractivity contribution in [3.8, 4) is 5.69 Å². The molecule has 1 unspecified atom stereocenters. The van der Waals surface area contributed by atoms with Gasteiger partial charge in [-0.25, -0.2) is 4.79 Å². The van der Waals surface area contributed by atoms with Crippen LogP contribution in [0.5, 0.6) is 0 Å². The number of hydrogen-bond acceptors (Lipinski definition) is 3. The van der Waals surface area contributed by atoms with E-state index in [2.05, 4.69) is 34.8 Å². The molecule has 0 radical (unpaired) electrons. The van der Waals surface area contributed by atoms with Crippen LogP contribution in [0.2, 0.25) is 5.21 Å². The second-order valence-corrected chi connectivity index (χ2v) is 13.5. The van der Waals surface area contributed by atoms with Crippen LogP contribution in [0.1, 0.15) is 35.1 Å². The van der Waals surface area contributed by atoms with E-state index in [0.717, 1.165) is 20.7 Å². The third kappa shape index (κ3) is 7.09. The third-order valence-electron chi connectivity index (χ3n) is 5.76. The Morgan fingerprint density at radius 1 is 0.949 bits per heavy atom. The molecular weight excluding hydrogens is 572 g/mol. The zero-order valence-electron chi connectivity index (χ0n) is 20.9. The minimum absolute atomic E-state index is 0.0602. The first-order chi connectivity index (χ1) is 18.7. The molecule has 0 saturated heterocycles.